The molecule has 2 atom stereocenters. The Morgan fingerprint density at radius 1 is 1.04 bits per heavy atom. The number of nitrogens with zero attached hydrogens (tertiary/aromatic N) is 2. The molecule has 2 heterocycles. The van der Waals surface area contributed by atoms with Crippen molar-refractivity contribution in [2.24, 2.45) is 5.92 Å². The molecule has 1 aromatic carbocycles. The van der Waals surface area contributed by atoms with E-state index in [9.17, 15) is 4.79 Å². The first-order chi connectivity index (χ1) is 13.3. The molecular formula is C22H29N3O2. The molecule has 1 amide bonds. The third kappa shape index (κ3) is 4.99. The van der Waals surface area contributed by atoms with E-state index in [1.54, 1.807) is 6.26 Å². The Bertz CT molecular complexity index is 708. The fourth-order valence-corrected chi connectivity index (χ4v) is 3.96. The highest BCUT2D eigenvalue weighted by molar-refractivity contribution is 5.82. The first-order valence-corrected chi connectivity index (χ1v) is 10.1. The van der Waals surface area contributed by atoms with Crippen molar-refractivity contribution in [1.29, 1.82) is 0 Å². The maximum atomic E-state index is 12.2. The molecule has 0 radical (unpaired) electrons. The molecule has 1 N–H and O–H groups in total. The van der Waals surface area contributed by atoms with E-state index in [1.807, 2.05) is 12.1 Å². The van der Waals surface area contributed by atoms with Crippen molar-refractivity contribution in [1.82, 2.24) is 15.1 Å². The molecule has 1 saturated carbocycles. The van der Waals surface area contributed by atoms with E-state index in [-0.39, 0.29) is 17.7 Å². The van der Waals surface area contributed by atoms with E-state index in [0.29, 0.717) is 0 Å². The van der Waals surface area contributed by atoms with Crippen molar-refractivity contribution in [2.75, 3.05) is 39.3 Å². The van der Waals surface area contributed by atoms with Gasteiger partial charge in [-0.1, -0.05) is 30.3 Å². The number of hydrogen-bond acceptors (Lipinski definition) is 4. The lowest BCUT2D eigenvalue weighted by Gasteiger charge is -2.34. The molecule has 2 aromatic rings. The molecule has 5 nitrogen and oxygen atoms in total. The Morgan fingerprint density at radius 3 is 2.56 bits per heavy atom. The minimum absolute atomic E-state index is 0.109. The molecule has 4 rings (SSSR count). The van der Waals surface area contributed by atoms with Crippen LogP contribution in [0.25, 0.3) is 0 Å². The summed E-state index contributed by atoms with van der Waals surface area (Å²) in [4.78, 5) is 17.2. The Kier molecular flexibility index (Phi) is 5.90. The summed E-state index contributed by atoms with van der Waals surface area (Å²) < 4.78 is 5.40. The largest absolute Gasteiger partial charge is 0.469 e. The molecule has 27 heavy (non-hydrogen) atoms. The minimum Gasteiger partial charge on any atom is -0.469 e. The summed E-state index contributed by atoms with van der Waals surface area (Å²) in [5.74, 6) is 1.53. The number of hydrogen-bond donors (Lipinski definition) is 1. The molecule has 1 aliphatic heterocycles. The summed E-state index contributed by atoms with van der Waals surface area (Å²) in [6.45, 7) is 7.34. The quantitative estimate of drug-likeness (QED) is 0.729. The number of rotatable bonds is 8. The van der Waals surface area contributed by atoms with Crippen molar-refractivity contribution >= 4 is 5.91 Å². The van der Waals surface area contributed by atoms with Gasteiger partial charge in [-0.25, -0.2) is 0 Å². The van der Waals surface area contributed by atoms with Gasteiger partial charge in [0.2, 0.25) is 5.91 Å². The van der Waals surface area contributed by atoms with E-state index in [0.717, 1.165) is 64.4 Å². The van der Waals surface area contributed by atoms with Crippen molar-refractivity contribution in [2.45, 2.75) is 25.3 Å². The number of carbonyl (C=O) groups is 1. The molecule has 1 saturated heterocycles. The third-order valence-electron chi connectivity index (χ3n) is 5.70. The smallest absolute Gasteiger partial charge is 0.223 e. The highest BCUT2D eigenvalue weighted by Crippen LogP contribution is 2.47. The fraction of sp³-hybridized carbons (Fsp3) is 0.500. The number of amides is 1. The van der Waals surface area contributed by atoms with E-state index in [4.69, 9.17) is 4.42 Å². The van der Waals surface area contributed by atoms with Crippen LogP contribution < -0.4 is 5.32 Å². The van der Waals surface area contributed by atoms with E-state index in [2.05, 4.69) is 45.4 Å². The number of benzene rings is 1. The van der Waals surface area contributed by atoms with Crippen LogP contribution in [0.2, 0.25) is 0 Å². The van der Waals surface area contributed by atoms with Gasteiger partial charge in [-0.2, -0.15) is 0 Å². The summed E-state index contributed by atoms with van der Waals surface area (Å²) in [6, 6.07) is 14.5. The zero-order valence-electron chi connectivity index (χ0n) is 15.8. The van der Waals surface area contributed by atoms with Gasteiger partial charge in [-0.15, -0.1) is 0 Å². The van der Waals surface area contributed by atoms with Crippen molar-refractivity contribution < 1.29 is 9.21 Å². The lowest BCUT2D eigenvalue weighted by atomic mass is 10.2. The van der Waals surface area contributed by atoms with Crippen LogP contribution >= 0.6 is 0 Å². The van der Waals surface area contributed by atoms with Crippen LogP contribution in [0.4, 0.5) is 0 Å². The van der Waals surface area contributed by atoms with Gasteiger partial charge in [0.25, 0.3) is 0 Å². The van der Waals surface area contributed by atoms with Crippen LogP contribution in [0, 0.1) is 5.92 Å². The summed E-state index contributed by atoms with van der Waals surface area (Å²) in [6.07, 6.45) is 3.62. The fourth-order valence-electron chi connectivity index (χ4n) is 3.96. The molecule has 2 unspecified atom stereocenters. The van der Waals surface area contributed by atoms with Gasteiger partial charge in [-0.3, -0.25) is 9.69 Å². The van der Waals surface area contributed by atoms with E-state index >= 15 is 0 Å². The van der Waals surface area contributed by atoms with Crippen LogP contribution in [0.1, 0.15) is 30.1 Å². The SMILES string of the molecule is O=C(NCCCN1CCN(Cc2ccccc2)CC1)C1CC1c1ccco1. The lowest BCUT2D eigenvalue weighted by molar-refractivity contribution is -0.122. The van der Waals surface area contributed by atoms with Crippen LogP contribution in [-0.2, 0) is 11.3 Å². The summed E-state index contributed by atoms with van der Waals surface area (Å²) in [5, 5.41) is 3.10. The molecule has 2 fully saturated rings. The van der Waals surface area contributed by atoms with E-state index < -0.39 is 0 Å². The first kappa shape index (κ1) is 18.3. The zero-order chi connectivity index (χ0) is 18.5. The second-order valence-corrected chi connectivity index (χ2v) is 7.71. The van der Waals surface area contributed by atoms with Gasteiger partial charge < -0.3 is 14.6 Å². The minimum atomic E-state index is 0.109. The second-order valence-electron chi connectivity index (χ2n) is 7.71. The maximum absolute atomic E-state index is 12.2. The normalized spacial score (nSPS) is 23.3. The molecule has 0 spiro atoms. The third-order valence-corrected chi connectivity index (χ3v) is 5.70. The van der Waals surface area contributed by atoms with Gasteiger partial charge in [-0.05, 0) is 37.1 Å². The number of nitrogens with one attached hydrogen (secondary N) is 1. The highest BCUT2D eigenvalue weighted by Gasteiger charge is 2.45. The van der Waals surface area contributed by atoms with Crippen molar-refractivity contribution in [3.05, 3.63) is 60.1 Å². The number of piperazine rings is 1. The van der Waals surface area contributed by atoms with Gasteiger partial charge in [0.15, 0.2) is 0 Å². The molecule has 1 aromatic heterocycles. The molecule has 144 valence electrons. The highest BCUT2D eigenvalue weighted by atomic mass is 16.3. The Morgan fingerprint density at radius 2 is 1.81 bits per heavy atom. The first-order valence-electron chi connectivity index (χ1n) is 10.1. The Labute approximate surface area is 161 Å². The second kappa shape index (κ2) is 8.72. The molecule has 2 aliphatic rings. The predicted molar refractivity (Wildman–Crippen MR) is 105 cm³/mol. The average molecular weight is 367 g/mol. The maximum Gasteiger partial charge on any atom is 0.223 e. The van der Waals surface area contributed by atoms with Crippen LogP contribution in [0.3, 0.4) is 0 Å². The number of carbonyl (C=O) groups excluding carboxylic acids is 1. The van der Waals surface area contributed by atoms with Gasteiger partial charge >= 0.3 is 0 Å². The van der Waals surface area contributed by atoms with Gasteiger partial charge in [0.1, 0.15) is 5.76 Å². The molecule has 0 bridgehead atoms. The van der Waals surface area contributed by atoms with Crippen molar-refractivity contribution in [3.63, 3.8) is 0 Å². The average Bonchev–Trinajstić information content (AvgIpc) is 3.32. The molecule has 1 aliphatic carbocycles. The van der Waals surface area contributed by atoms with Crippen LogP contribution in [0.5, 0.6) is 0 Å². The predicted octanol–water partition coefficient (Wildman–Crippen LogP) is 2.71. The summed E-state index contributed by atoms with van der Waals surface area (Å²) in [7, 11) is 0. The van der Waals surface area contributed by atoms with Gasteiger partial charge in [0.05, 0.1) is 6.26 Å². The van der Waals surface area contributed by atoms with Crippen molar-refractivity contribution in [3.8, 4) is 0 Å². The Hall–Kier alpha value is -2.11. The standard InChI is InChI=1S/C22H29N3O2/c26-22(20-16-19(20)21-8-4-15-27-21)23-9-5-10-24-11-13-25(14-12-24)17-18-6-2-1-3-7-18/h1-4,6-8,15,19-20H,5,9-14,16-17H2,(H,23,26). The van der Waals surface area contributed by atoms with Gasteiger partial charge in [0, 0.05) is 51.1 Å². The molecular weight excluding hydrogens is 338 g/mol. The van der Waals surface area contributed by atoms with Crippen LogP contribution in [0.15, 0.2) is 53.1 Å². The Balaban J connectivity index is 1.08. The zero-order valence-corrected chi connectivity index (χ0v) is 15.8. The van der Waals surface area contributed by atoms with E-state index in [1.165, 1.54) is 5.56 Å². The molecule has 5 heteroatoms. The number of furan rings is 1. The lowest BCUT2D eigenvalue weighted by Crippen LogP contribution is -2.46. The topological polar surface area (TPSA) is 48.7 Å². The monoisotopic (exact) mass is 367 g/mol. The summed E-state index contributed by atoms with van der Waals surface area (Å²) >= 11 is 0. The van der Waals surface area contributed by atoms with Crippen LogP contribution in [-0.4, -0.2) is 55.0 Å². The summed E-state index contributed by atoms with van der Waals surface area (Å²) in [5.41, 5.74) is 1.39.